The first-order valence-corrected chi connectivity index (χ1v) is 8.36. The van der Waals surface area contributed by atoms with E-state index in [4.69, 9.17) is 11.6 Å². The van der Waals surface area contributed by atoms with Crippen molar-refractivity contribution >= 4 is 28.3 Å². The molecule has 0 aliphatic carbocycles. The Bertz CT molecular complexity index is 1060. The molecule has 0 atom stereocenters. The highest BCUT2D eigenvalue weighted by molar-refractivity contribution is 6.35. The summed E-state index contributed by atoms with van der Waals surface area (Å²) < 4.78 is 0. The number of para-hydroxylation sites is 1. The normalized spacial score (nSPS) is 10.8. The molecule has 4 aromatic rings. The number of hydrogen-bond donors (Lipinski definition) is 0. The first-order chi connectivity index (χ1) is 12.3. The first-order valence-electron chi connectivity index (χ1n) is 7.98. The molecule has 0 aliphatic rings. The molecule has 0 aliphatic heterocycles. The minimum Gasteiger partial charge on any atom is -0.289 e. The van der Waals surface area contributed by atoms with Crippen LogP contribution in [0.25, 0.3) is 22.0 Å². The lowest BCUT2D eigenvalue weighted by molar-refractivity contribution is 0.103. The fourth-order valence-electron chi connectivity index (χ4n) is 3.02. The Morgan fingerprint density at radius 1 is 0.800 bits per heavy atom. The molecule has 0 saturated carbocycles. The summed E-state index contributed by atoms with van der Waals surface area (Å²) in [6.45, 7) is 0. The molecular weight excluding hydrogens is 330 g/mol. The predicted molar refractivity (Wildman–Crippen MR) is 102 cm³/mol. The average Bonchev–Trinajstić information content (AvgIpc) is 2.68. The molecule has 0 saturated heterocycles. The quantitative estimate of drug-likeness (QED) is 0.441. The van der Waals surface area contributed by atoms with E-state index in [0.717, 1.165) is 16.5 Å². The average molecular weight is 344 g/mol. The molecule has 0 radical (unpaired) electrons. The Labute approximate surface area is 150 Å². The summed E-state index contributed by atoms with van der Waals surface area (Å²) in [5.74, 6) is -0.0474. The number of nitrogens with zero attached hydrogens (tertiary/aromatic N) is 1. The lowest BCUT2D eigenvalue weighted by Crippen LogP contribution is -2.05. The van der Waals surface area contributed by atoms with Crippen LogP contribution in [0.5, 0.6) is 0 Å². The number of carbonyl (C=O) groups excluding carboxylic acids is 1. The van der Waals surface area contributed by atoms with Gasteiger partial charge in [-0.3, -0.25) is 9.78 Å². The maximum absolute atomic E-state index is 13.1. The standard InChI is InChI=1S/C22H14ClNO/c23-19-13-7-12-17-20(15-8-3-1-4-9-15)18(14-24-21(17)19)22(25)16-10-5-2-6-11-16/h1-14H. The number of pyridine rings is 1. The Morgan fingerprint density at radius 2 is 1.48 bits per heavy atom. The molecule has 0 N–H and O–H groups in total. The van der Waals surface area contributed by atoms with Crippen LogP contribution in [0.3, 0.4) is 0 Å². The molecule has 25 heavy (non-hydrogen) atoms. The Hall–Kier alpha value is -2.97. The second-order valence-electron chi connectivity index (χ2n) is 5.74. The van der Waals surface area contributed by atoms with E-state index in [1.54, 1.807) is 6.20 Å². The smallest absolute Gasteiger partial charge is 0.195 e. The summed E-state index contributed by atoms with van der Waals surface area (Å²) >= 11 is 6.32. The van der Waals surface area contributed by atoms with Crippen molar-refractivity contribution in [2.75, 3.05) is 0 Å². The van der Waals surface area contributed by atoms with Crippen molar-refractivity contribution in [3.8, 4) is 11.1 Å². The Kier molecular flexibility index (Phi) is 4.04. The topological polar surface area (TPSA) is 30.0 Å². The number of aromatic nitrogens is 1. The van der Waals surface area contributed by atoms with Gasteiger partial charge in [0.05, 0.1) is 10.5 Å². The number of benzene rings is 3. The molecule has 0 amide bonds. The van der Waals surface area contributed by atoms with E-state index in [0.29, 0.717) is 21.7 Å². The van der Waals surface area contributed by atoms with E-state index in [9.17, 15) is 4.79 Å². The van der Waals surface area contributed by atoms with Gasteiger partial charge in [0.2, 0.25) is 0 Å². The Balaban J connectivity index is 2.04. The van der Waals surface area contributed by atoms with Crippen molar-refractivity contribution in [3.63, 3.8) is 0 Å². The highest BCUT2D eigenvalue weighted by Gasteiger charge is 2.19. The largest absolute Gasteiger partial charge is 0.289 e. The molecule has 3 aromatic carbocycles. The molecule has 1 heterocycles. The van der Waals surface area contributed by atoms with Gasteiger partial charge >= 0.3 is 0 Å². The van der Waals surface area contributed by atoms with Crippen molar-refractivity contribution < 1.29 is 4.79 Å². The van der Waals surface area contributed by atoms with Crippen LogP contribution in [0.2, 0.25) is 5.02 Å². The molecule has 0 spiro atoms. The molecule has 4 rings (SSSR count). The summed E-state index contributed by atoms with van der Waals surface area (Å²) in [5, 5.41) is 1.45. The monoisotopic (exact) mass is 343 g/mol. The Morgan fingerprint density at radius 3 is 2.20 bits per heavy atom. The summed E-state index contributed by atoms with van der Waals surface area (Å²) in [6, 6.07) is 24.8. The molecule has 3 heteroatoms. The van der Waals surface area contributed by atoms with Crippen LogP contribution < -0.4 is 0 Å². The zero-order chi connectivity index (χ0) is 17.2. The second kappa shape index (κ2) is 6.50. The molecule has 1 aromatic heterocycles. The fraction of sp³-hybridized carbons (Fsp3) is 0. The van der Waals surface area contributed by atoms with Gasteiger partial charge in [-0.1, -0.05) is 84.4 Å². The molecular formula is C22H14ClNO. The van der Waals surface area contributed by atoms with E-state index >= 15 is 0 Å². The van der Waals surface area contributed by atoms with Gasteiger partial charge in [-0.15, -0.1) is 0 Å². The summed E-state index contributed by atoms with van der Waals surface area (Å²) in [4.78, 5) is 17.6. The zero-order valence-corrected chi connectivity index (χ0v) is 14.1. The minimum atomic E-state index is -0.0474. The lowest BCUT2D eigenvalue weighted by atomic mass is 9.92. The van der Waals surface area contributed by atoms with Gasteiger partial charge in [0.15, 0.2) is 5.78 Å². The van der Waals surface area contributed by atoms with Crippen LogP contribution in [-0.4, -0.2) is 10.8 Å². The van der Waals surface area contributed by atoms with Gasteiger partial charge < -0.3 is 0 Å². The number of carbonyl (C=O) groups is 1. The van der Waals surface area contributed by atoms with Gasteiger partial charge in [-0.2, -0.15) is 0 Å². The highest BCUT2D eigenvalue weighted by atomic mass is 35.5. The van der Waals surface area contributed by atoms with E-state index in [1.165, 1.54) is 0 Å². The maximum atomic E-state index is 13.1. The van der Waals surface area contributed by atoms with Crippen LogP contribution in [0.1, 0.15) is 15.9 Å². The summed E-state index contributed by atoms with van der Waals surface area (Å²) in [7, 11) is 0. The van der Waals surface area contributed by atoms with Gasteiger partial charge in [-0.05, 0) is 11.6 Å². The number of ketones is 1. The van der Waals surface area contributed by atoms with Gasteiger partial charge in [0, 0.05) is 28.3 Å². The summed E-state index contributed by atoms with van der Waals surface area (Å²) in [6.07, 6.45) is 1.63. The van der Waals surface area contributed by atoms with Crippen LogP contribution >= 0.6 is 11.6 Å². The number of hydrogen-bond acceptors (Lipinski definition) is 2. The molecule has 0 unspecified atom stereocenters. The van der Waals surface area contributed by atoms with Crippen molar-refractivity contribution in [1.82, 2.24) is 4.98 Å². The van der Waals surface area contributed by atoms with Crippen molar-refractivity contribution in [2.45, 2.75) is 0 Å². The fourth-order valence-corrected chi connectivity index (χ4v) is 3.24. The number of fused-ring (bicyclic) bond motifs is 1. The molecule has 2 nitrogen and oxygen atoms in total. The third-order valence-electron chi connectivity index (χ3n) is 4.19. The van der Waals surface area contributed by atoms with Crippen LogP contribution in [0.15, 0.2) is 85.1 Å². The van der Waals surface area contributed by atoms with Crippen LogP contribution in [0.4, 0.5) is 0 Å². The van der Waals surface area contributed by atoms with Gasteiger partial charge in [0.25, 0.3) is 0 Å². The van der Waals surface area contributed by atoms with Gasteiger partial charge in [-0.25, -0.2) is 0 Å². The van der Waals surface area contributed by atoms with Crippen LogP contribution in [0, 0.1) is 0 Å². The minimum absolute atomic E-state index is 0.0474. The molecule has 120 valence electrons. The van der Waals surface area contributed by atoms with Crippen molar-refractivity contribution in [1.29, 1.82) is 0 Å². The third kappa shape index (κ3) is 2.81. The summed E-state index contributed by atoms with van der Waals surface area (Å²) in [5.41, 5.74) is 3.75. The van der Waals surface area contributed by atoms with E-state index in [2.05, 4.69) is 4.98 Å². The lowest BCUT2D eigenvalue weighted by Gasteiger charge is -2.13. The predicted octanol–water partition coefficient (Wildman–Crippen LogP) is 5.79. The third-order valence-corrected chi connectivity index (χ3v) is 4.50. The second-order valence-corrected chi connectivity index (χ2v) is 6.15. The zero-order valence-electron chi connectivity index (χ0n) is 13.3. The van der Waals surface area contributed by atoms with E-state index < -0.39 is 0 Å². The van der Waals surface area contributed by atoms with Crippen molar-refractivity contribution in [2.24, 2.45) is 0 Å². The molecule has 0 fully saturated rings. The first kappa shape index (κ1) is 15.6. The maximum Gasteiger partial charge on any atom is 0.195 e. The van der Waals surface area contributed by atoms with Gasteiger partial charge in [0.1, 0.15) is 0 Å². The van der Waals surface area contributed by atoms with Crippen LogP contribution in [-0.2, 0) is 0 Å². The van der Waals surface area contributed by atoms with E-state index in [-0.39, 0.29) is 5.78 Å². The highest BCUT2D eigenvalue weighted by Crippen LogP contribution is 2.34. The van der Waals surface area contributed by atoms with Crippen molar-refractivity contribution in [3.05, 3.63) is 101 Å². The number of rotatable bonds is 3. The molecule has 0 bridgehead atoms. The SMILES string of the molecule is O=C(c1ccccc1)c1cnc2c(Cl)cccc2c1-c1ccccc1. The number of halogens is 1. The van der Waals surface area contributed by atoms with E-state index in [1.807, 2.05) is 78.9 Å².